The third kappa shape index (κ3) is 2.37. The minimum atomic E-state index is -4.80. The van der Waals surface area contributed by atoms with Gasteiger partial charge in [-0.25, -0.2) is 0 Å². The molecule has 0 radical (unpaired) electrons. The van der Waals surface area contributed by atoms with Gasteiger partial charge in [0.2, 0.25) is 0 Å². The van der Waals surface area contributed by atoms with Gasteiger partial charge in [0.1, 0.15) is 6.23 Å². The van der Waals surface area contributed by atoms with E-state index >= 15 is 0 Å². The molecule has 1 fully saturated rings. The molecule has 0 bridgehead atoms. The average molecular weight is 211 g/mol. The highest BCUT2D eigenvalue weighted by Crippen LogP contribution is 2.25. The highest BCUT2D eigenvalue weighted by atomic mass is 19.4. The number of alkyl halides is 3. The van der Waals surface area contributed by atoms with E-state index in [1.165, 1.54) is 7.11 Å². The van der Waals surface area contributed by atoms with Crippen molar-refractivity contribution in [1.29, 1.82) is 0 Å². The molecule has 1 aliphatic heterocycles. The molecule has 6 heteroatoms. The Kier molecular flexibility index (Phi) is 3.36. The van der Waals surface area contributed by atoms with E-state index in [1.54, 1.807) is 0 Å². The van der Waals surface area contributed by atoms with Crippen molar-refractivity contribution < 1.29 is 22.7 Å². The number of hydrogen-bond acceptors (Lipinski definition) is 2. The molecule has 0 aromatic heterocycles. The van der Waals surface area contributed by atoms with Crippen LogP contribution < -0.4 is 0 Å². The zero-order valence-electron chi connectivity index (χ0n) is 7.80. The molecule has 1 atom stereocenters. The number of ether oxygens (including phenoxy) is 1. The van der Waals surface area contributed by atoms with Gasteiger partial charge in [0, 0.05) is 13.7 Å². The lowest BCUT2D eigenvalue weighted by atomic mass is 10.1. The lowest BCUT2D eigenvalue weighted by Crippen LogP contribution is -2.50. The topological polar surface area (TPSA) is 29.5 Å². The zero-order valence-corrected chi connectivity index (χ0v) is 7.80. The third-order valence-electron chi connectivity index (χ3n) is 2.22. The van der Waals surface area contributed by atoms with Gasteiger partial charge in [-0.05, 0) is 19.3 Å². The Labute approximate surface area is 79.8 Å². The van der Waals surface area contributed by atoms with Gasteiger partial charge in [0.05, 0.1) is 0 Å². The predicted octanol–water partition coefficient (Wildman–Crippen LogP) is 1.53. The van der Waals surface area contributed by atoms with Gasteiger partial charge in [0.25, 0.3) is 0 Å². The van der Waals surface area contributed by atoms with Gasteiger partial charge in [-0.3, -0.25) is 4.79 Å². The molecule has 1 unspecified atom stereocenters. The first-order chi connectivity index (χ1) is 6.46. The minimum absolute atomic E-state index is 0.122. The van der Waals surface area contributed by atoms with E-state index in [-0.39, 0.29) is 6.54 Å². The number of likely N-dealkylation sites (tertiary alicyclic amines) is 1. The molecule has 3 nitrogen and oxygen atoms in total. The molecule has 0 spiro atoms. The smallest absolute Gasteiger partial charge is 0.362 e. The Morgan fingerprint density at radius 1 is 1.43 bits per heavy atom. The maximum absolute atomic E-state index is 12.1. The Bertz CT molecular complexity index is 217. The van der Waals surface area contributed by atoms with Crippen LogP contribution in [0.5, 0.6) is 0 Å². The summed E-state index contributed by atoms with van der Waals surface area (Å²) in [6, 6.07) is 0. The standard InChI is InChI=1S/C8H12F3NO2/c1-14-6-4-2-3-5-12(6)7(13)8(9,10)11/h6H,2-5H2,1H3. The van der Waals surface area contributed by atoms with Crippen molar-refractivity contribution in [1.82, 2.24) is 4.90 Å². The van der Waals surface area contributed by atoms with Crippen LogP contribution in [0.2, 0.25) is 0 Å². The summed E-state index contributed by atoms with van der Waals surface area (Å²) in [4.78, 5) is 11.7. The number of hydrogen-bond donors (Lipinski definition) is 0. The summed E-state index contributed by atoms with van der Waals surface area (Å²) < 4.78 is 41.1. The molecule has 14 heavy (non-hydrogen) atoms. The first kappa shape index (κ1) is 11.3. The van der Waals surface area contributed by atoms with Crippen LogP contribution >= 0.6 is 0 Å². The van der Waals surface area contributed by atoms with Crippen LogP contribution in [0.1, 0.15) is 19.3 Å². The van der Waals surface area contributed by atoms with Gasteiger partial charge in [-0.15, -0.1) is 0 Å². The predicted molar refractivity (Wildman–Crippen MR) is 42.4 cm³/mol. The van der Waals surface area contributed by atoms with Gasteiger partial charge < -0.3 is 9.64 Å². The summed E-state index contributed by atoms with van der Waals surface area (Å²) in [5, 5.41) is 0. The van der Waals surface area contributed by atoms with E-state index in [1.807, 2.05) is 0 Å². The highest BCUT2D eigenvalue weighted by Gasteiger charge is 2.45. The average Bonchev–Trinajstić information content (AvgIpc) is 2.15. The van der Waals surface area contributed by atoms with E-state index in [2.05, 4.69) is 0 Å². The number of piperidine rings is 1. The largest absolute Gasteiger partial charge is 0.471 e. The van der Waals surface area contributed by atoms with Crippen molar-refractivity contribution >= 4 is 5.91 Å². The Balaban J connectivity index is 2.69. The monoisotopic (exact) mass is 211 g/mol. The molecule has 82 valence electrons. The molecule has 0 aromatic carbocycles. The number of nitrogens with zero attached hydrogens (tertiary/aromatic N) is 1. The first-order valence-corrected chi connectivity index (χ1v) is 4.37. The van der Waals surface area contributed by atoms with Gasteiger partial charge in [-0.2, -0.15) is 13.2 Å². The highest BCUT2D eigenvalue weighted by molar-refractivity contribution is 5.82. The molecule has 0 saturated carbocycles. The van der Waals surface area contributed by atoms with E-state index in [0.717, 1.165) is 11.3 Å². The van der Waals surface area contributed by atoms with E-state index in [9.17, 15) is 18.0 Å². The Morgan fingerprint density at radius 3 is 2.57 bits per heavy atom. The molecule has 0 aliphatic carbocycles. The molecule has 1 rings (SSSR count). The van der Waals surface area contributed by atoms with Crippen molar-refractivity contribution in [2.75, 3.05) is 13.7 Å². The van der Waals surface area contributed by atoms with Crippen LogP contribution in [0, 0.1) is 0 Å². The van der Waals surface area contributed by atoms with E-state index < -0.39 is 18.3 Å². The molecule has 0 aromatic rings. The van der Waals surface area contributed by atoms with Crippen molar-refractivity contribution in [3.8, 4) is 0 Å². The van der Waals surface area contributed by atoms with Crippen LogP contribution in [0.4, 0.5) is 13.2 Å². The summed E-state index contributed by atoms with van der Waals surface area (Å²) in [6.45, 7) is 0.122. The Hall–Kier alpha value is -0.780. The van der Waals surface area contributed by atoms with Crippen molar-refractivity contribution in [2.45, 2.75) is 31.7 Å². The second-order valence-corrected chi connectivity index (χ2v) is 3.18. The summed E-state index contributed by atoms with van der Waals surface area (Å²) >= 11 is 0. The number of methoxy groups -OCH3 is 1. The van der Waals surface area contributed by atoms with Gasteiger partial charge >= 0.3 is 12.1 Å². The molecule has 1 aliphatic rings. The number of halogens is 3. The summed E-state index contributed by atoms with van der Waals surface area (Å²) in [5.74, 6) is -1.80. The second kappa shape index (κ2) is 4.16. The normalized spacial score (nSPS) is 23.7. The van der Waals surface area contributed by atoms with Crippen LogP contribution in [0.15, 0.2) is 0 Å². The number of carbonyl (C=O) groups is 1. The summed E-state index contributed by atoms with van der Waals surface area (Å²) in [5.41, 5.74) is 0. The van der Waals surface area contributed by atoms with Crippen molar-refractivity contribution in [2.24, 2.45) is 0 Å². The van der Waals surface area contributed by atoms with Crippen LogP contribution in [0.25, 0.3) is 0 Å². The van der Waals surface area contributed by atoms with Crippen LogP contribution in [-0.4, -0.2) is 36.9 Å². The van der Waals surface area contributed by atoms with Gasteiger partial charge in [-0.1, -0.05) is 0 Å². The van der Waals surface area contributed by atoms with Crippen molar-refractivity contribution in [3.63, 3.8) is 0 Å². The van der Waals surface area contributed by atoms with Gasteiger partial charge in [0.15, 0.2) is 0 Å². The quantitative estimate of drug-likeness (QED) is 0.658. The van der Waals surface area contributed by atoms with Crippen molar-refractivity contribution in [3.05, 3.63) is 0 Å². The van der Waals surface area contributed by atoms with E-state index in [0.29, 0.717) is 12.8 Å². The SMILES string of the molecule is COC1CCCCN1C(=O)C(F)(F)F. The lowest BCUT2D eigenvalue weighted by molar-refractivity contribution is -0.198. The Morgan fingerprint density at radius 2 is 2.07 bits per heavy atom. The number of amides is 1. The third-order valence-corrected chi connectivity index (χ3v) is 2.22. The molecule has 1 heterocycles. The summed E-state index contributed by atoms with van der Waals surface area (Å²) in [6.07, 6.45) is -3.66. The summed E-state index contributed by atoms with van der Waals surface area (Å²) in [7, 11) is 1.31. The lowest BCUT2D eigenvalue weighted by Gasteiger charge is -2.34. The first-order valence-electron chi connectivity index (χ1n) is 4.37. The fourth-order valence-corrected chi connectivity index (χ4v) is 1.54. The van der Waals surface area contributed by atoms with Crippen LogP contribution in [0.3, 0.4) is 0 Å². The van der Waals surface area contributed by atoms with Crippen LogP contribution in [-0.2, 0) is 9.53 Å². The van der Waals surface area contributed by atoms with E-state index in [4.69, 9.17) is 4.74 Å². The number of carbonyl (C=O) groups excluding carboxylic acids is 1. The maximum Gasteiger partial charge on any atom is 0.471 e. The fourth-order valence-electron chi connectivity index (χ4n) is 1.54. The molecule has 1 amide bonds. The molecule has 0 N–H and O–H groups in total. The molecule has 1 saturated heterocycles. The molecular formula is C8H12F3NO2. The molecular weight excluding hydrogens is 199 g/mol. The number of rotatable bonds is 1. The zero-order chi connectivity index (χ0) is 10.8. The fraction of sp³-hybridized carbons (Fsp3) is 0.875. The maximum atomic E-state index is 12.1. The minimum Gasteiger partial charge on any atom is -0.362 e. The second-order valence-electron chi connectivity index (χ2n) is 3.18.